The number of hydrogen-bond acceptors (Lipinski definition) is 2. The fourth-order valence-electron chi connectivity index (χ4n) is 1.93. The maximum Gasteiger partial charge on any atom is 0.127 e. The van der Waals surface area contributed by atoms with Crippen LogP contribution >= 0.6 is 0 Å². The van der Waals surface area contributed by atoms with Gasteiger partial charge in [-0.25, -0.2) is 0 Å². The van der Waals surface area contributed by atoms with Crippen molar-refractivity contribution in [2.75, 3.05) is 13.2 Å². The van der Waals surface area contributed by atoms with Crippen molar-refractivity contribution in [3.8, 4) is 11.5 Å². The molecule has 0 unspecified atom stereocenters. The van der Waals surface area contributed by atoms with E-state index in [9.17, 15) is 0 Å². The van der Waals surface area contributed by atoms with E-state index in [2.05, 4.69) is 26.0 Å². The SMILES string of the molecule is CCCOc1cccc2c(OCCC)cccc12. The van der Waals surface area contributed by atoms with Gasteiger partial charge in [0.15, 0.2) is 0 Å². The molecule has 0 spiro atoms. The van der Waals surface area contributed by atoms with Gasteiger partial charge in [-0.15, -0.1) is 0 Å². The molecule has 2 rings (SSSR count). The second-order valence-corrected chi connectivity index (χ2v) is 4.30. The van der Waals surface area contributed by atoms with Crippen LogP contribution in [-0.4, -0.2) is 13.2 Å². The maximum atomic E-state index is 5.77. The Morgan fingerprint density at radius 3 is 1.56 bits per heavy atom. The molecule has 0 radical (unpaired) electrons. The second kappa shape index (κ2) is 6.29. The van der Waals surface area contributed by atoms with Crippen LogP contribution in [0.3, 0.4) is 0 Å². The van der Waals surface area contributed by atoms with E-state index in [0.29, 0.717) is 0 Å². The van der Waals surface area contributed by atoms with Gasteiger partial charge in [0, 0.05) is 10.8 Å². The Labute approximate surface area is 109 Å². The second-order valence-electron chi connectivity index (χ2n) is 4.30. The molecule has 0 atom stereocenters. The molecule has 18 heavy (non-hydrogen) atoms. The predicted octanol–water partition coefficient (Wildman–Crippen LogP) is 4.42. The zero-order valence-electron chi connectivity index (χ0n) is 11.1. The molecule has 0 aliphatic carbocycles. The Hall–Kier alpha value is -1.70. The highest BCUT2D eigenvalue weighted by atomic mass is 16.5. The number of rotatable bonds is 6. The first-order valence-electron chi connectivity index (χ1n) is 6.64. The van der Waals surface area contributed by atoms with E-state index in [0.717, 1.165) is 48.3 Å². The minimum absolute atomic E-state index is 0.749. The average molecular weight is 244 g/mol. The summed E-state index contributed by atoms with van der Waals surface area (Å²) in [6.07, 6.45) is 2.03. The number of fused-ring (bicyclic) bond motifs is 1. The molecule has 0 saturated carbocycles. The van der Waals surface area contributed by atoms with Crippen LogP contribution in [0.25, 0.3) is 10.8 Å². The summed E-state index contributed by atoms with van der Waals surface area (Å²) in [6.45, 7) is 5.72. The topological polar surface area (TPSA) is 18.5 Å². The smallest absolute Gasteiger partial charge is 0.127 e. The molecule has 2 nitrogen and oxygen atoms in total. The fourth-order valence-corrected chi connectivity index (χ4v) is 1.93. The first kappa shape index (κ1) is 12.7. The van der Waals surface area contributed by atoms with Gasteiger partial charge < -0.3 is 9.47 Å². The molecular weight excluding hydrogens is 224 g/mol. The highest BCUT2D eigenvalue weighted by molar-refractivity contribution is 5.93. The predicted molar refractivity (Wildman–Crippen MR) is 75.5 cm³/mol. The Kier molecular flexibility index (Phi) is 4.46. The highest BCUT2D eigenvalue weighted by Gasteiger charge is 2.06. The van der Waals surface area contributed by atoms with Crippen LogP contribution in [-0.2, 0) is 0 Å². The lowest BCUT2D eigenvalue weighted by molar-refractivity contribution is 0.318. The Balaban J connectivity index is 2.37. The van der Waals surface area contributed by atoms with Gasteiger partial charge in [0.05, 0.1) is 13.2 Å². The monoisotopic (exact) mass is 244 g/mol. The molecule has 0 aliphatic rings. The van der Waals surface area contributed by atoms with Gasteiger partial charge >= 0.3 is 0 Å². The molecule has 96 valence electrons. The third-order valence-electron chi connectivity index (χ3n) is 2.77. The van der Waals surface area contributed by atoms with Gasteiger partial charge in [-0.05, 0) is 25.0 Å². The Bertz CT molecular complexity index is 458. The van der Waals surface area contributed by atoms with E-state index in [-0.39, 0.29) is 0 Å². The van der Waals surface area contributed by atoms with Crippen molar-refractivity contribution in [1.82, 2.24) is 0 Å². The van der Waals surface area contributed by atoms with E-state index >= 15 is 0 Å². The highest BCUT2D eigenvalue weighted by Crippen LogP contribution is 2.32. The summed E-state index contributed by atoms with van der Waals surface area (Å²) in [6, 6.07) is 12.2. The summed E-state index contributed by atoms with van der Waals surface area (Å²) in [5, 5.41) is 2.25. The molecule has 0 saturated heterocycles. The van der Waals surface area contributed by atoms with Crippen LogP contribution in [0.15, 0.2) is 36.4 Å². The lowest BCUT2D eigenvalue weighted by Gasteiger charge is -2.12. The van der Waals surface area contributed by atoms with Crippen LogP contribution in [0.5, 0.6) is 11.5 Å². The lowest BCUT2D eigenvalue weighted by atomic mass is 10.1. The van der Waals surface area contributed by atoms with E-state index < -0.39 is 0 Å². The van der Waals surface area contributed by atoms with Crippen molar-refractivity contribution in [3.05, 3.63) is 36.4 Å². The van der Waals surface area contributed by atoms with Gasteiger partial charge in [0.1, 0.15) is 11.5 Å². The summed E-state index contributed by atoms with van der Waals surface area (Å²) < 4.78 is 11.5. The van der Waals surface area contributed by atoms with Gasteiger partial charge in [-0.2, -0.15) is 0 Å². The van der Waals surface area contributed by atoms with Crippen LogP contribution in [0, 0.1) is 0 Å². The number of hydrogen-bond donors (Lipinski definition) is 0. The molecule has 0 fully saturated rings. The zero-order chi connectivity index (χ0) is 12.8. The quantitative estimate of drug-likeness (QED) is 0.749. The fraction of sp³-hybridized carbons (Fsp3) is 0.375. The number of ether oxygens (including phenoxy) is 2. The standard InChI is InChI=1S/C16H20O2/c1-3-11-17-15-9-5-8-14-13(15)7-6-10-16(14)18-12-4-2/h5-10H,3-4,11-12H2,1-2H3. The molecule has 0 bridgehead atoms. The van der Waals surface area contributed by atoms with E-state index in [4.69, 9.17) is 9.47 Å². The summed E-state index contributed by atoms with van der Waals surface area (Å²) in [7, 11) is 0. The third-order valence-corrected chi connectivity index (χ3v) is 2.77. The summed E-state index contributed by atoms with van der Waals surface area (Å²) in [5.74, 6) is 1.88. The summed E-state index contributed by atoms with van der Waals surface area (Å²) in [5.41, 5.74) is 0. The van der Waals surface area contributed by atoms with Gasteiger partial charge in [-0.3, -0.25) is 0 Å². The average Bonchev–Trinajstić information content (AvgIpc) is 2.42. The first-order valence-corrected chi connectivity index (χ1v) is 6.64. The van der Waals surface area contributed by atoms with Crippen LogP contribution in [0.4, 0.5) is 0 Å². The van der Waals surface area contributed by atoms with Crippen LogP contribution < -0.4 is 9.47 Å². The normalized spacial score (nSPS) is 10.6. The molecule has 0 heterocycles. The maximum absolute atomic E-state index is 5.77. The van der Waals surface area contributed by atoms with Gasteiger partial charge in [-0.1, -0.05) is 38.1 Å². The summed E-state index contributed by atoms with van der Waals surface area (Å²) >= 11 is 0. The van der Waals surface area contributed by atoms with Crippen molar-refractivity contribution < 1.29 is 9.47 Å². The van der Waals surface area contributed by atoms with E-state index in [1.165, 1.54) is 0 Å². The molecule has 0 N–H and O–H groups in total. The molecule has 2 heteroatoms. The van der Waals surface area contributed by atoms with Crippen molar-refractivity contribution in [1.29, 1.82) is 0 Å². The van der Waals surface area contributed by atoms with Gasteiger partial charge in [0.2, 0.25) is 0 Å². The minimum Gasteiger partial charge on any atom is -0.493 e. The van der Waals surface area contributed by atoms with E-state index in [1.54, 1.807) is 0 Å². The van der Waals surface area contributed by atoms with Crippen molar-refractivity contribution >= 4 is 10.8 Å². The van der Waals surface area contributed by atoms with Crippen LogP contribution in [0.2, 0.25) is 0 Å². The zero-order valence-corrected chi connectivity index (χ0v) is 11.1. The minimum atomic E-state index is 0.749. The largest absolute Gasteiger partial charge is 0.493 e. The molecule has 0 amide bonds. The molecular formula is C16H20O2. The Morgan fingerprint density at radius 1 is 0.722 bits per heavy atom. The first-order chi connectivity index (χ1) is 8.86. The molecule has 0 aliphatic heterocycles. The third kappa shape index (κ3) is 2.76. The number of benzene rings is 2. The molecule has 2 aromatic rings. The van der Waals surface area contributed by atoms with Crippen LogP contribution in [0.1, 0.15) is 26.7 Å². The Morgan fingerprint density at radius 2 is 1.17 bits per heavy atom. The molecule has 0 aromatic heterocycles. The molecule has 2 aromatic carbocycles. The van der Waals surface area contributed by atoms with Gasteiger partial charge in [0.25, 0.3) is 0 Å². The van der Waals surface area contributed by atoms with Crippen molar-refractivity contribution in [2.45, 2.75) is 26.7 Å². The van der Waals surface area contributed by atoms with Crippen molar-refractivity contribution in [2.24, 2.45) is 0 Å². The summed E-state index contributed by atoms with van der Waals surface area (Å²) in [4.78, 5) is 0. The van der Waals surface area contributed by atoms with Crippen molar-refractivity contribution in [3.63, 3.8) is 0 Å². The van der Waals surface area contributed by atoms with E-state index in [1.807, 2.05) is 24.3 Å². The lowest BCUT2D eigenvalue weighted by Crippen LogP contribution is -1.98.